The molecule has 0 fully saturated rings. The van der Waals surface area contributed by atoms with Crippen LogP contribution >= 0.6 is 0 Å². The minimum absolute atomic E-state index is 0.0372. The van der Waals surface area contributed by atoms with Gasteiger partial charge in [0.15, 0.2) is 0 Å². The molecule has 0 saturated heterocycles. The maximum Gasteiger partial charge on any atom is 0.120 e. The summed E-state index contributed by atoms with van der Waals surface area (Å²) in [5.74, 6) is 1.06. The maximum absolute atomic E-state index is 9.63. The number of benzene rings is 1. The van der Waals surface area contributed by atoms with Gasteiger partial charge in [-0.05, 0) is 39.0 Å². The third kappa shape index (κ3) is 3.80. The van der Waals surface area contributed by atoms with E-state index in [-0.39, 0.29) is 5.54 Å². The van der Waals surface area contributed by atoms with Gasteiger partial charge in [0, 0.05) is 17.6 Å². The number of hydrogen-bond donors (Lipinski definition) is 2. The van der Waals surface area contributed by atoms with E-state index >= 15 is 0 Å². The summed E-state index contributed by atoms with van der Waals surface area (Å²) < 4.78 is 5.10. The minimum Gasteiger partial charge on any atom is -0.508 e. The Morgan fingerprint density at radius 3 is 2.53 bits per heavy atom. The number of phenolic OH excluding ortho intramolecular Hbond substituents is 1. The molecule has 3 heteroatoms. The van der Waals surface area contributed by atoms with Crippen LogP contribution in [0.3, 0.4) is 0 Å². The molecule has 1 rings (SSSR count). The molecule has 0 radical (unpaired) electrons. The Balaban J connectivity index is 2.75. The van der Waals surface area contributed by atoms with Crippen molar-refractivity contribution >= 4 is 0 Å². The second kappa shape index (κ2) is 4.53. The van der Waals surface area contributed by atoms with E-state index in [1.54, 1.807) is 19.2 Å². The first-order chi connectivity index (χ1) is 6.92. The molecule has 0 aromatic heterocycles. The van der Waals surface area contributed by atoms with Crippen LogP contribution in [0.4, 0.5) is 0 Å². The van der Waals surface area contributed by atoms with E-state index in [0.717, 1.165) is 11.3 Å². The molecule has 84 valence electrons. The van der Waals surface area contributed by atoms with Crippen molar-refractivity contribution in [1.82, 2.24) is 5.32 Å². The van der Waals surface area contributed by atoms with E-state index in [2.05, 4.69) is 26.1 Å². The highest BCUT2D eigenvalue weighted by Gasteiger charge is 2.10. The zero-order valence-corrected chi connectivity index (χ0v) is 9.79. The van der Waals surface area contributed by atoms with Gasteiger partial charge in [0.05, 0.1) is 7.11 Å². The lowest BCUT2D eigenvalue weighted by atomic mass is 10.1. The number of nitrogens with one attached hydrogen (secondary N) is 1. The van der Waals surface area contributed by atoms with Gasteiger partial charge in [-0.15, -0.1) is 0 Å². The van der Waals surface area contributed by atoms with Crippen LogP contribution in [-0.4, -0.2) is 17.8 Å². The molecular weight excluding hydrogens is 190 g/mol. The quantitative estimate of drug-likeness (QED) is 0.802. The van der Waals surface area contributed by atoms with Crippen LogP contribution < -0.4 is 10.1 Å². The fourth-order valence-corrected chi connectivity index (χ4v) is 1.19. The minimum atomic E-state index is 0.0372. The number of aromatic hydroxyl groups is 1. The Labute approximate surface area is 91.1 Å². The number of phenols is 1. The first-order valence-electron chi connectivity index (χ1n) is 5.03. The van der Waals surface area contributed by atoms with Crippen molar-refractivity contribution in [3.05, 3.63) is 23.8 Å². The van der Waals surface area contributed by atoms with Crippen molar-refractivity contribution in [2.45, 2.75) is 32.9 Å². The first-order valence-corrected chi connectivity index (χ1v) is 5.03. The molecule has 1 aromatic carbocycles. The van der Waals surface area contributed by atoms with Gasteiger partial charge in [0.1, 0.15) is 11.5 Å². The Bertz CT molecular complexity index is 329. The van der Waals surface area contributed by atoms with Crippen molar-refractivity contribution in [2.24, 2.45) is 0 Å². The molecule has 0 bridgehead atoms. The fourth-order valence-electron chi connectivity index (χ4n) is 1.19. The number of hydrogen-bond acceptors (Lipinski definition) is 3. The molecule has 2 N–H and O–H groups in total. The van der Waals surface area contributed by atoms with Crippen molar-refractivity contribution in [3.63, 3.8) is 0 Å². The highest BCUT2D eigenvalue weighted by molar-refractivity contribution is 5.39. The van der Waals surface area contributed by atoms with Crippen molar-refractivity contribution in [3.8, 4) is 11.5 Å². The fraction of sp³-hybridized carbons (Fsp3) is 0.500. The van der Waals surface area contributed by atoms with E-state index in [1.807, 2.05) is 6.07 Å². The van der Waals surface area contributed by atoms with Crippen molar-refractivity contribution in [2.75, 3.05) is 7.11 Å². The predicted octanol–water partition coefficient (Wildman–Crippen LogP) is 2.29. The van der Waals surface area contributed by atoms with E-state index in [1.165, 1.54) is 0 Å². The molecule has 0 spiro atoms. The molecule has 0 amide bonds. The third-order valence-electron chi connectivity index (χ3n) is 2.10. The van der Waals surface area contributed by atoms with Crippen LogP contribution in [0.2, 0.25) is 0 Å². The molecule has 3 nitrogen and oxygen atoms in total. The molecule has 0 aliphatic carbocycles. The smallest absolute Gasteiger partial charge is 0.120 e. The summed E-state index contributed by atoms with van der Waals surface area (Å²) in [5.41, 5.74) is 0.888. The molecule has 1 aromatic rings. The lowest BCUT2D eigenvalue weighted by molar-refractivity contribution is 0.399. The molecule has 0 saturated carbocycles. The summed E-state index contributed by atoms with van der Waals surface area (Å²) in [5, 5.41) is 12.9. The van der Waals surface area contributed by atoms with E-state index in [4.69, 9.17) is 4.74 Å². The van der Waals surface area contributed by atoms with Gasteiger partial charge in [0.2, 0.25) is 0 Å². The van der Waals surface area contributed by atoms with E-state index in [9.17, 15) is 5.11 Å². The highest BCUT2D eigenvalue weighted by atomic mass is 16.5. The normalized spacial score (nSPS) is 11.5. The Morgan fingerprint density at radius 2 is 2.00 bits per heavy atom. The molecule has 0 aliphatic heterocycles. The van der Waals surface area contributed by atoms with E-state index in [0.29, 0.717) is 12.3 Å². The maximum atomic E-state index is 9.63. The number of ether oxygens (including phenoxy) is 1. The zero-order valence-electron chi connectivity index (χ0n) is 9.79. The van der Waals surface area contributed by atoms with Gasteiger partial charge in [-0.25, -0.2) is 0 Å². The van der Waals surface area contributed by atoms with E-state index < -0.39 is 0 Å². The molecule has 0 heterocycles. The summed E-state index contributed by atoms with van der Waals surface area (Å²) in [4.78, 5) is 0. The SMILES string of the molecule is COc1ccc(O)c(CNC(C)(C)C)c1. The number of methoxy groups -OCH3 is 1. The van der Waals surface area contributed by atoms with Crippen LogP contribution in [0.5, 0.6) is 11.5 Å². The van der Waals surface area contributed by atoms with Gasteiger partial charge in [-0.1, -0.05) is 0 Å². The second-order valence-corrected chi connectivity index (χ2v) is 4.60. The lowest BCUT2D eigenvalue weighted by Gasteiger charge is -2.21. The topological polar surface area (TPSA) is 41.5 Å². The summed E-state index contributed by atoms with van der Waals surface area (Å²) >= 11 is 0. The van der Waals surface area contributed by atoms with Gasteiger partial charge >= 0.3 is 0 Å². The Kier molecular flexibility index (Phi) is 3.58. The average Bonchev–Trinajstić information content (AvgIpc) is 2.15. The first kappa shape index (κ1) is 11.9. The van der Waals surface area contributed by atoms with Crippen LogP contribution in [0.1, 0.15) is 26.3 Å². The Morgan fingerprint density at radius 1 is 1.33 bits per heavy atom. The van der Waals surface area contributed by atoms with Crippen LogP contribution in [0, 0.1) is 0 Å². The zero-order chi connectivity index (χ0) is 11.5. The standard InChI is InChI=1S/C12H19NO2/c1-12(2,3)13-8-9-7-10(15-4)5-6-11(9)14/h5-7,13-14H,8H2,1-4H3. The number of rotatable bonds is 3. The lowest BCUT2D eigenvalue weighted by Crippen LogP contribution is -2.35. The predicted molar refractivity (Wildman–Crippen MR) is 61.3 cm³/mol. The van der Waals surface area contributed by atoms with Crippen molar-refractivity contribution < 1.29 is 9.84 Å². The summed E-state index contributed by atoms with van der Waals surface area (Å²) in [6, 6.07) is 5.24. The van der Waals surface area contributed by atoms with Gasteiger partial charge in [0.25, 0.3) is 0 Å². The summed E-state index contributed by atoms with van der Waals surface area (Å²) in [6.07, 6.45) is 0. The molecule has 15 heavy (non-hydrogen) atoms. The summed E-state index contributed by atoms with van der Waals surface area (Å²) in [7, 11) is 1.62. The monoisotopic (exact) mass is 209 g/mol. The molecule has 0 unspecified atom stereocenters. The largest absolute Gasteiger partial charge is 0.508 e. The van der Waals surface area contributed by atoms with Crippen LogP contribution in [0.15, 0.2) is 18.2 Å². The highest BCUT2D eigenvalue weighted by Crippen LogP contribution is 2.23. The van der Waals surface area contributed by atoms with Crippen molar-refractivity contribution in [1.29, 1.82) is 0 Å². The summed E-state index contributed by atoms with van der Waals surface area (Å²) in [6.45, 7) is 6.89. The van der Waals surface area contributed by atoms with Crippen LogP contribution in [-0.2, 0) is 6.54 Å². The van der Waals surface area contributed by atoms with Gasteiger partial charge < -0.3 is 15.2 Å². The molecular formula is C12H19NO2. The third-order valence-corrected chi connectivity index (χ3v) is 2.10. The molecule has 0 atom stereocenters. The molecule has 0 aliphatic rings. The van der Waals surface area contributed by atoms with Gasteiger partial charge in [-0.3, -0.25) is 0 Å². The second-order valence-electron chi connectivity index (χ2n) is 4.60. The van der Waals surface area contributed by atoms with Crippen LogP contribution in [0.25, 0.3) is 0 Å². The average molecular weight is 209 g/mol. The van der Waals surface area contributed by atoms with Gasteiger partial charge in [-0.2, -0.15) is 0 Å². The Hall–Kier alpha value is -1.22.